The molecule has 1 aromatic heterocycles. The van der Waals surface area contributed by atoms with Crippen molar-refractivity contribution in [1.29, 1.82) is 0 Å². The maximum Gasteiger partial charge on any atom is 0.256 e. The van der Waals surface area contributed by atoms with Gasteiger partial charge in [-0.1, -0.05) is 0 Å². The zero-order valence-electron chi connectivity index (χ0n) is 13.7. The van der Waals surface area contributed by atoms with Crippen molar-refractivity contribution in [2.24, 2.45) is 0 Å². The molecule has 1 saturated heterocycles. The molecule has 0 unspecified atom stereocenters. The summed E-state index contributed by atoms with van der Waals surface area (Å²) in [5.41, 5.74) is 1.39. The van der Waals surface area contributed by atoms with E-state index in [-0.39, 0.29) is 11.8 Å². The summed E-state index contributed by atoms with van der Waals surface area (Å²) in [4.78, 5) is 32.9. The Kier molecular flexibility index (Phi) is 5.13. The van der Waals surface area contributed by atoms with Crippen LogP contribution >= 0.6 is 0 Å². The topological polar surface area (TPSA) is 65.5 Å². The van der Waals surface area contributed by atoms with E-state index in [9.17, 15) is 9.59 Å². The molecule has 0 aromatic carbocycles. The molecule has 1 atom stereocenters. The number of carbonyl (C=O) groups is 2. The molecular formula is C16H24N4O2. The van der Waals surface area contributed by atoms with Crippen molar-refractivity contribution in [3.05, 3.63) is 29.6 Å². The first-order valence-corrected chi connectivity index (χ1v) is 7.63. The minimum Gasteiger partial charge on any atom is -0.357 e. The van der Waals surface area contributed by atoms with Crippen molar-refractivity contribution in [2.45, 2.75) is 32.9 Å². The molecule has 120 valence electrons. The predicted molar refractivity (Wildman–Crippen MR) is 84.6 cm³/mol. The van der Waals surface area contributed by atoms with Gasteiger partial charge in [-0.25, -0.2) is 0 Å². The Morgan fingerprint density at radius 1 is 1.32 bits per heavy atom. The lowest BCUT2D eigenvalue weighted by atomic mass is 10.1. The van der Waals surface area contributed by atoms with Gasteiger partial charge in [-0.05, 0) is 32.9 Å². The fraction of sp³-hybridized carbons (Fsp3) is 0.562. The quantitative estimate of drug-likeness (QED) is 0.891. The summed E-state index contributed by atoms with van der Waals surface area (Å²) in [7, 11) is 1.60. The van der Waals surface area contributed by atoms with Crippen LogP contribution in [0.3, 0.4) is 0 Å². The molecule has 6 nitrogen and oxygen atoms in total. The van der Waals surface area contributed by atoms with Crippen molar-refractivity contribution in [3.8, 4) is 0 Å². The number of pyridine rings is 1. The Bertz CT molecular complexity index is 542. The molecule has 2 rings (SSSR count). The summed E-state index contributed by atoms with van der Waals surface area (Å²) in [6.45, 7) is 7.95. The zero-order valence-corrected chi connectivity index (χ0v) is 13.7. The normalized spacial score (nSPS) is 19.3. The van der Waals surface area contributed by atoms with Gasteiger partial charge in [0.25, 0.3) is 5.91 Å². The standard InChI is InChI=1S/C16H24N4O2/c1-11(2)19-7-8-20(14(10-19)15(21)17-4)16(22)13-6-5-12(3)18-9-13/h5-6,9,11,14H,7-8,10H2,1-4H3,(H,17,21)/t14-/m1/s1. The van der Waals surface area contributed by atoms with Crippen LogP contribution in [0, 0.1) is 6.92 Å². The third kappa shape index (κ3) is 3.44. The Hall–Kier alpha value is -1.95. The van der Waals surface area contributed by atoms with Crippen LogP contribution in [0.15, 0.2) is 18.3 Å². The summed E-state index contributed by atoms with van der Waals surface area (Å²) in [5, 5.41) is 2.66. The largest absolute Gasteiger partial charge is 0.357 e. The second-order valence-electron chi connectivity index (χ2n) is 5.91. The Morgan fingerprint density at radius 2 is 2.05 bits per heavy atom. The van der Waals surface area contributed by atoms with Crippen LogP contribution in [0.4, 0.5) is 0 Å². The molecule has 0 bridgehead atoms. The van der Waals surface area contributed by atoms with E-state index in [2.05, 4.69) is 29.0 Å². The molecule has 6 heteroatoms. The van der Waals surface area contributed by atoms with Gasteiger partial charge in [0, 0.05) is 44.6 Å². The lowest BCUT2D eigenvalue weighted by molar-refractivity contribution is -0.127. The van der Waals surface area contributed by atoms with Gasteiger partial charge in [0.05, 0.1) is 5.56 Å². The zero-order chi connectivity index (χ0) is 16.3. The molecule has 2 heterocycles. The molecule has 1 N–H and O–H groups in total. The number of nitrogens with zero attached hydrogens (tertiary/aromatic N) is 3. The molecule has 2 amide bonds. The maximum atomic E-state index is 12.7. The minimum atomic E-state index is -0.463. The van der Waals surface area contributed by atoms with Gasteiger partial charge in [-0.3, -0.25) is 19.5 Å². The van der Waals surface area contributed by atoms with Crippen LogP contribution < -0.4 is 5.32 Å². The van der Waals surface area contributed by atoms with E-state index in [1.54, 1.807) is 24.2 Å². The van der Waals surface area contributed by atoms with E-state index in [0.29, 0.717) is 24.7 Å². The van der Waals surface area contributed by atoms with E-state index in [1.165, 1.54) is 0 Å². The summed E-state index contributed by atoms with van der Waals surface area (Å²) in [6, 6.07) is 3.47. The second kappa shape index (κ2) is 6.87. The third-order valence-electron chi connectivity index (χ3n) is 4.11. The van der Waals surface area contributed by atoms with E-state index in [4.69, 9.17) is 0 Å². The molecule has 1 aliphatic heterocycles. The number of aryl methyl sites for hydroxylation is 1. The molecule has 0 saturated carbocycles. The summed E-state index contributed by atoms with van der Waals surface area (Å²) < 4.78 is 0. The molecule has 22 heavy (non-hydrogen) atoms. The van der Waals surface area contributed by atoms with Crippen LogP contribution in [-0.4, -0.2) is 65.4 Å². The molecule has 0 spiro atoms. The van der Waals surface area contributed by atoms with Gasteiger partial charge in [-0.2, -0.15) is 0 Å². The monoisotopic (exact) mass is 304 g/mol. The highest BCUT2D eigenvalue weighted by atomic mass is 16.2. The van der Waals surface area contributed by atoms with Crippen molar-refractivity contribution >= 4 is 11.8 Å². The van der Waals surface area contributed by atoms with Gasteiger partial charge >= 0.3 is 0 Å². The highest BCUT2D eigenvalue weighted by molar-refractivity contribution is 5.97. The van der Waals surface area contributed by atoms with Gasteiger partial charge in [-0.15, -0.1) is 0 Å². The smallest absolute Gasteiger partial charge is 0.256 e. The first-order chi connectivity index (χ1) is 10.4. The molecular weight excluding hydrogens is 280 g/mol. The average molecular weight is 304 g/mol. The number of rotatable bonds is 3. The van der Waals surface area contributed by atoms with Crippen LogP contribution in [0.25, 0.3) is 0 Å². The Labute approximate surface area is 131 Å². The van der Waals surface area contributed by atoms with Crippen molar-refractivity contribution < 1.29 is 9.59 Å². The number of piperazine rings is 1. The number of nitrogens with one attached hydrogen (secondary N) is 1. The number of likely N-dealkylation sites (N-methyl/N-ethyl adjacent to an activating group) is 1. The van der Waals surface area contributed by atoms with E-state index in [0.717, 1.165) is 12.2 Å². The van der Waals surface area contributed by atoms with Crippen LogP contribution in [0.2, 0.25) is 0 Å². The fourth-order valence-electron chi connectivity index (χ4n) is 2.67. The molecule has 0 aliphatic carbocycles. The van der Waals surface area contributed by atoms with Gasteiger partial charge in [0.1, 0.15) is 6.04 Å². The number of aromatic nitrogens is 1. The van der Waals surface area contributed by atoms with E-state index in [1.807, 2.05) is 13.0 Å². The summed E-state index contributed by atoms with van der Waals surface area (Å²) in [5.74, 6) is -0.261. The summed E-state index contributed by atoms with van der Waals surface area (Å²) >= 11 is 0. The lowest BCUT2D eigenvalue weighted by Crippen LogP contribution is -2.61. The highest BCUT2D eigenvalue weighted by Gasteiger charge is 2.35. The van der Waals surface area contributed by atoms with Gasteiger partial charge < -0.3 is 10.2 Å². The van der Waals surface area contributed by atoms with Crippen molar-refractivity contribution in [3.63, 3.8) is 0 Å². The molecule has 1 aromatic rings. The lowest BCUT2D eigenvalue weighted by Gasteiger charge is -2.42. The predicted octanol–water partition coefficient (Wildman–Crippen LogP) is 0.671. The first-order valence-electron chi connectivity index (χ1n) is 7.63. The maximum absolute atomic E-state index is 12.7. The molecule has 0 radical (unpaired) electrons. The number of amides is 2. The fourth-order valence-corrected chi connectivity index (χ4v) is 2.67. The van der Waals surface area contributed by atoms with E-state index >= 15 is 0 Å². The Balaban J connectivity index is 2.21. The van der Waals surface area contributed by atoms with Crippen molar-refractivity contribution in [1.82, 2.24) is 20.1 Å². The van der Waals surface area contributed by atoms with Crippen LogP contribution in [0.1, 0.15) is 29.9 Å². The number of carbonyl (C=O) groups excluding carboxylic acids is 2. The second-order valence-corrected chi connectivity index (χ2v) is 5.91. The number of hydrogen-bond donors (Lipinski definition) is 1. The van der Waals surface area contributed by atoms with Crippen molar-refractivity contribution in [2.75, 3.05) is 26.7 Å². The van der Waals surface area contributed by atoms with Crippen LogP contribution in [0.5, 0.6) is 0 Å². The molecule has 1 fully saturated rings. The van der Waals surface area contributed by atoms with E-state index < -0.39 is 6.04 Å². The van der Waals surface area contributed by atoms with Gasteiger partial charge in [0.2, 0.25) is 5.91 Å². The van der Waals surface area contributed by atoms with Gasteiger partial charge in [0.15, 0.2) is 0 Å². The average Bonchev–Trinajstić information content (AvgIpc) is 2.53. The third-order valence-corrected chi connectivity index (χ3v) is 4.11. The Morgan fingerprint density at radius 3 is 2.59 bits per heavy atom. The highest BCUT2D eigenvalue weighted by Crippen LogP contribution is 2.16. The molecule has 1 aliphatic rings. The summed E-state index contributed by atoms with van der Waals surface area (Å²) in [6.07, 6.45) is 1.58. The van der Waals surface area contributed by atoms with Crippen LogP contribution in [-0.2, 0) is 4.79 Å². The minimum absolute atomic E-state index is 0.126. The number of hydrogen-bond acceptors (Lipinski definition) is 4. The SMILES string of the molecule is CNC(=O)[C@H]1CN(C(C)C)CCN1C(=O)c1ccc(C)nc1. The first kappa shape index (κ1) is 16.4.